The number of aryl methyl sites for hydroxylation is 1. The molecule has 1 aliphatic rings. The number of primary sulfonamides is 1. The number of benzene rings is 1. The highest BCUT2D eigenvalue weighted by Gasteiger charge is 2.17. The Labute approximate surface area is 146 Å². The molecule has 0 radical (unpaired) electrons. The number of carbonyl (C=O) groups excluding carboxylic acids is 1. The standard InChI is InChI=1S/C17H20N4O3S/c1-11-16(15-6-7-19-8-13(15)9-20-11)10-21-17(22)12-2-4-14(5-3-12)25(18,23)24/h2-5,9,19H,6-8,10H2,1H3,(H,21,22)(H2,18,23,24). The topological polar surface area (TPSA) is 114 Å². The molecule has 0 bridgehead atoms. The number of fused-ring (bicyclic) bond motifs is 1. The van der Waals surface area contributed by atoms with E-state index in [1.807, 2.05) is 13.1 Å². The van der Waals surface area contributed by atoms with Gasteiger partial charge in [0.1, 0.15) is 0 Å². The molecule has 0 saturated carbocycles. The van der Waals surface area contributed by atoms with E-state index in [9.17, 15) is 13.2 Å². The van der Waals surface area contributed by atoms with E-state index in [4.69, 9.17) is 5.14 Å². The summed E-state index contributed by atoms with van der Waals surface area (Å²) in [6.07, 6.45) is 2.79. The van der Waals surface area contributed by atoms with Crippen LogP contribution >= 0.6 is 0 Å². The molecule has 0 saturated heterocycles. The van der Waals surface area contributed by atoms with Crippen LogP contribution in [0.15, 0.2) is 35.4 Å². The first-order valence-electron chi connectivity index (χ1n) is 7.94. The van der Waals surface area contributed by atoms with Gasteiger partial charge in [-0.3, -0.25) is 9.78 Å². The fraction of sp³-hybridized carbons (Fsp3) is 0.294. The lowest BCUT2D eigenvalue weighted by atomic mass is 9.96. The third-order valence-electron chi connectivity index (χ3n) is 4.34. The molecule has 1 amide bonds. The van der Waals surface area contributed by atoms with Crippen molar-refractivity contribution in [1.29, 1.82) is 0 Å². The molecule has 132 valence electrons. The van der Waals surface area contributed by atoms with Crippen LogP contribution in [0.25, 0.3) is 0 Å². The Balaban J connectivity index is 1.75. The number of amides is 1. The van der Waals surface area contributed by atoms with Gasteiger partial charge in [0.15, 0.2) is 0 Å². The Bertz CT molecular complexity index is 908. The Morgan fingerprint density at radius 1 is 1.32 bits per heavy atom. The van der Waals surface area contributed by atoms with Crippen molar-refractivity contribution in [1.82, 2.24) is 15.6 Å². The molecule has 0 spiro atoms. The first-order chi connectivity index (χ1) is 11.9. The molecular weight excluding hydrogens is 340 g/mol. The number of sulfonamides is 1. The largest absolute Gasteiger partial charge is 0.348 e. The summed E-state index contributed by atoms with van der Waals surface area (Å²) in [7, 11) is -3.76. The minimum Gasteiger partial charge on any atom is -0.348 e. The predicted octanol–water partition coefficient (Wildman–Crippen LogP) is 0.613. The number of aromatic nitrogens is 1. The van der Waals surface area contributed by atoms with Crippen LogP contribution in [-0.2, 0) is 29.5 Å². The van der Waals surface area contributed by atoms with Crippen molar-refractivity contribution in [3.63, 3.8) is 0 Å². The van der Waals surface area contributed by atoms with Crippen LogP contribution < -0.4 is 15.8 Å². The zero-order valence-corrected chi connectivity index (χ0v) is 14.7. The fourth-order valence-electron chi connectivity index (χ4n) is 2.94. The van der Waals surface area contributed by atoms with Gasteiger partial charge in [-0.2, -0.15) is 0 Å². The number of nitrogens with zero attached hydrogens (tertiary/aromatic N) is 1. The van der Waals surface area contributed by atoms with E-state index in [1.165, 1.54) is 35.4 Å². The molecule has 0 fully saturated rings. The van der Waals surface area contributed by atoms with Gasteiger partial charge in [0.2, 0.25) is 10.0 Å². The Morgan fingerprint density at radius 3 is 2.72 bits per heavy atom. The zero-order valence-electron chi connectivity index (χ0n) is 13.9. The molecule has 1 aliphatic heterocycles. The van der Waals surface area contributed by atoms with Gasteiger partial charge in [0.25, 0.3) is 5.91 Å². The Hall–Kier alpha value is -2.29. The SMILES string of the molecule is Cc1ncc2c(c1CNC(=O)c1ccc(S(N)(=O)=O)cc1)CCNC2. The van der Waals surface area contributed by atoms with E-state index < -0.39 is 10.0 Å². The molecular formula is C17H20N4O3S. The minimum atomic E-state index is -3.76. The predicted molar refractivity (Wildman–Crippen MR) is 93.4 cm³/mol. The third-order valence-corrected chi connectivity index (χ3v) is 5.27. The lowest BCUT2D eigenvalue weighted by Gasteiger charge is -2.21. The summed E-state index contributed by atoms with van der Waals surface area (Å²) in [5.74, 6) is -0.271. The first kappa shape index (κ1) is 17.5. The number of carbonyl (C=O) groups is 1. The maximum absolute atomic E-state index is 12.3. The maximum atomic E-state index is 12.3. The quantitative estimate of drug-likeness (QED) is 0.739. The lowest BCUT2D eigenvalue weighted by molar-refractivity contribution is 0.0950. The van der Waals surface area contributed by atoms with Crippen molar-refractivity contribution in [2.45, 2.75) is 31.3 Å². The summed E-state index contributed by atoms with van der Waals surface area (Å²) in [4.78, 5) is 16.7. The summed E-state index contributed by atoms with van der Waals surface area (Å²) in [6, 6.07) is 5.55. The normalized spacial score (nSPS) is 14.0. The monoisotopic (exact) mass is 360 g/mol. The number of hydrogen-bond acceptors (Lipinski definition) is 5. The second-order valence-corrected chi connectivity index (χ2v) is 7.57. The number of pyridine rings is 1. The van der Waals surface area contributed by atoms with Gasteiger partial charge in [-0.25, -0.2) is 13.6 Å². The van der Waals surface area contributed by atoms with Gasteiger partial charge in [0.05, 0.1) is 4.90 Å². The van der Waals surface area contributed by atoms with Gasteiger partial charge in [-0.05, 0) is 60.8 Å². The summed E-state index contributed by atoms with van der Waals surface area (Å²) < 4.78 is 22.5. The number of nitrogens with one attached hydrogen (secondary N) is 2. The Kier molecular flexibility index (Phi) is 4.85. The van der Waals surface area contributed by atoms with Crippen LogP contribution in [0.4, 0.5) is 0 Å². The van der Waals surface area contributed by atoms with Crippen molar-refractivity contribution in [2.24, 2.45) is 5.14 Å². The number of nitrogens with two attached hydrogens (primary N) is 1. The highest BCUT2D eigenvalue weighted by molar-refractivity contribution is 7.89. The molecule has 25 heavy (non-hydrogen) atoms. The second kappa shape index (κ2) is 6.91. The summed E-state index contributed by atoms with van der Waals surface area (Å²) >= 11 is 0. The smallest absolute Gasteiger partial charge is 0.251 e. The van der Waals surface area contributed by atoms with Crippen LogP contribution in [0.1, 0.15) is 32.7 Å². The van der Waals surface area contributed by atoms with Crippen LogP contribution in [-0.4, -0.2) is 25.9 Å². The van der Waals surface area contributed by atoms with Crippen molar-refractivity contribution in [2.75, 3.05) is 6.54 Å². The van der Waals surface area contributed by atoms with Crippen molar-refractivity contribution < 1.29 is 13.2 Å². The first-order valence-corrected chi connectivity index (χ1v) is 9.49. The molecule has 2 heterocycles. The highest BCUT2D eigenvalue weighted by Crippen LogP contribution is 2.20. The number of rotatable bonds is 4. The van der Waals surface area contributed by atoms with E-state index in [0.717, 1.165) is 30.8 Å². The van der Waals surface area contributed by atoms with E-state index >= 15 is 0 Å². The summed E-state index contributed by atoms with van der Waals surface area (Å²) in [5.41, 5.74) is 4.75. The average molecular weight is 360 g/mol. The summed E-state index contributed by atoms with van der Waals surface area (Å²) in [5, 5.41) is 11.3. The van der Waals surface area contributed by atoms with Gasteiger partial charge in [-0.1, -0.05) is 0 Å². The van der Waals surface area contributed by atoms with Gasteiger partial charge < -0.3 is 10.6 Å². The van der Waals surface area contributed by atoms with Crippen LogP contribution in [0.2, 0.25) is 0 Å². The molecule has 3 rings (SSSR count). The van der Waals surface area contributed by atoms with Crippen molar-refractivity contribution in [3.8, 4) is 0 Å². The van der Waals surface area contributed by atoms with E-state index in [2.05, 4.69) is 15.6 Å². The third kappa shape index (κ3) is 3.87. The molecule has 4 N–H and O–H groups in total. The van der Waals surface area contributed by atoms with Gasteiger partial charge in [0, 0.05) is 30.5 Å². The van der Waals surface area contributed by atoms with E-state index in [0.29, 0.717) is 12.1 Å². The fourth-order valence-corrected chi connectivity index (χ4v) is 3.46. The molecule has 0 unspecified atom stereocenters. The highest BCUT2D eigenvalue weighted by atomic mass is 32.2. The second-order valence-electron chi connectivity index (χ2n) is 6.00. The lowest BCUT2D eigenvalue weighted by Crippen LogP contribution is -2.28. The van der Waals surface area contributed by atoms with Crippen molar-refractivity contribution in [3.05, 3.63) is 58.4 Å². The van der Waals surface area contributed by atoms with Crippen LogP contribution in [0.3, 0.4) is 0 Å². The molecule has 8 heteroatoms. The molecule has 1 aromatic heterocycles. The van der Waals surface area contributed by atoms with Gasteiger partial charge in [-0.15, -0.1) is 0 Å². The Morgan fingerprint density at radius 2 is 2.04 bits per heavy atom. The minimum absolute atomic E-state index is 0.0197. The van der Waals surface area contributed by atoms with Crippen LogP contribution in [0, 0.1) is 6.92 Å². The average Bonchev–Trinajstić information content (AvgIpc) is 2.60. The van der Waals surface area contributed by atoms with Crippen molar-refractivity contribution >= 4 is 15.9 Å². The number of hydrogen-bond donors (Lipinski definition) is 3. The van der Waals surface area contributed by atoms with E-state index in [1.54, 1.807) is 0 Å². The maximum Gasteiger partial charge on any atom is 0.251 e. The molecule has 1 aromatic carbocycles. The zero-order chi connectivity index (χ0) is 18.0. The molecule has 2 aromatic rings. The van der Waals surface area contributed by atoms with E-state index in [-0.39, 0.29) is 10.8 Å². The van der Waals surface area contributed by atoms with Crippen LogP contribution in [0.5, 0.6) is 0 Å². The summed E-state index contributed by atoms with van der Waals surface area (Å²) in [6.45, 7) is 4.02. The van der Waals surface area contributed by atoms with Gasteiger partial charge >= 0.3 is 0 Å². The molecule has 0 aliphatic carbocycles. The molecule has 7 nitrogen and oxygen atoms in total. The molecule has 0 atom stereocenters.